The summed E-state index contributed by atoms with van der Waals surface area (Å²) in [4.78, 5) is 12.4. The van der Waals surface area contributed by atoms with Gasteiger partial charge in [-0.3, -0.25) is 4.79 Å². The summed E-state index contributed by atoms with van der Waals surface area (Å²) in [5.74, 6) is 1.55. The van der Waals surface area contributed by atoms with Gasteiger partial charge in [-0.25, -0.2) is 0 Å². The third kappa shape index (κ3) is 3.35. The molecule has 0 N–H and O–H groups in total. The quantitative estimate of drug-likeness (QED) is 0.837. The van der Waals surface area contributed by atoms with Crippen LogP contribution in [0.5, 0.6) is 5.75 Å². The third-order valence-corrected chi connectivity index (χ3v) is 3.85. The number of rotatable bonds is 4. The molecule has 104 valence electrons. The van der Waals surface area contributed by atoms with Gasteiger partial charge in [0.05, 0.1) is 7.11 Å². The van der Waals surface area contributed by atoms with Crippen molar-refractivity contribution in [2.75, 3.05) is 20.3 Å². The average Bonchev–Trinajstić information content (AvgIpc) is 2.39. The van der Waals surface area contributed by atoms with Crippen LogP contribution < -0.4 is 4.74 Å². The van der Waals surface area contributed by atoms with E-state index in [1.807, 2.05) is 25.1 Å². The zero-order valence-electron chi connectivity index (χ0n) is 11.9. The van der Waals surface area contributed by atoms with Crippen LogP contribution in [0.1, 0.15) is 24.5 Å². The number of ketones is 1. The Labute approximate surface area is 114 Å². The Morgan fingerprint density at radius 2 is 2.26 bits per heavy atom. The lowest BCUT2D eigenvalue weighted by Crippen LogP contribution is -2.32. The summed E-state index contributed by atoms with van der Waals surface area (Å²) >= 11 is 0. The molecule has 1 aromatic rings. The maximum Gasteiger partial charge on any atom is 0.140 e. The maximum atomic E-state index is 12.4. The van der Waals surface area contributed by atoms with Crippen LogP contribution in [-0.4, -0.2) is 26.1 Å². The van der Waals surface area contributed by atoms with E-state index in [-0.39, 0.29) is 5.92 Å². The van der Waals surface area contributed by atoms with Gasteiger partial charge in [-0.1, -0.05) is 24.6 Å². The van der Waals surface area contributed by atoms with E-state index < -0.39 is 0 Å². The van der Waals surface area contributed by atoms with Crippen molar-refractivity contribution in [2.24, 2.45) is 11.8 Å². The number of benzene rings is 1. The molecule has 0 saturated carbocycles. The highest BCUT2D eigenvalue weighted by Crippen LogP contribution is 2.26. The molecule has 2 rings (SSSR count). The van der Waals surface area contributed by atoms with Crippen LogP contribution in [0, 0.1) is 18.8 Å². The smallest absolute Gasteiger partial charge is 0.140 e. The molecule has 1 heterocycles. The van der Waals surface area contributed by atoms with Crippen molar-refractivity contribution in [3.63, 3.8) is 0 Å². The molecule has 0 spiro atoms. The largest absolute Gasteiger partial charge is 0.496 e. The van der Waals surface area contributed by atoms with E-state index in [0.29, 0.717) is 31.3 Å². The first-order valence-electron chi connectivity index (χ1n) is 6.85. The lowest BCUT2D eigenvalue weighted by Gasteiger charge is -2.27. The molecule has 0 amide bonds. The first-order valence-corrected chi connectivity index (χ1v) is 6.85. The normalized spacial score (nSPS) is 23.1. The highest BCUT2D eigenvalue weighted by atomic mass is 16.5. The second-order valence-corrected chi connectivity index (χ2v) is 5.41. The Morgan fingerprint density at radius 1 is 1.47 bits per heavy atom. The molecule has 0 bridgehead atoms. The lowest BCUT2D eigenvalue weighted by molar-refractivity contribution is -0.127. The fraction of sp³-hybridized carbons (Fsp3) is 0.562. The van der Waals surface area contributed by atoms with Crippen LogP contribution in [0.3, 0.4) is 0 Å². The van der Waals surface area contributed by atoms with Gasteiger partial charge >= 0.3 is 0 Å². The van der Waals surface area contributed by atoms with Gasteiger partial charge in [-0.15, -0.1) is 0 Å². The summed E-state index contributed by atoms with van der Waals surface area (Å²) < 4.78 is 10.7. The topological polar surface area (TPSA) is 35.5 Å². The number of hydrogen-bond acceptors (Lipinski definition) is 3. The van der Waals surface area contributed by atoms with E-state index in [2.05, 4.69) is 6.92 Å². The van der Waals surface area contributed by atoms with Crippen molar-refractivity contribution < 1.29 is 14.3 Å². The van der Waals surface area contributed by atoms with Gasteiger partial charge in [-0.2, -0.15) is 0 Å². The Bertz CT molecular complexity index is 453. The lowest BCUT2D eigenvalue weighted by atomic mass is 9.84. The van der Waals surface area contributed by atoms with Crippen molar-refractivity contribution in [3.8, 4) is 5.75 Å². The van der Waals surface area contributed by atoms with Crippen molar-refractivity contribution in [3.05, 3.63) is 29.3 Å². The minimum absolute atomic E-state index is 0.124. The minimum Gasteiger partial charge on any atom is -0.496 e. The van der Waals surface area contributed by atoms with Gasteiger partial charge in [0.25, 0.3) is 0 Å². The van der Waals surface area contributed by atoms with Crippen LogP contribution in [0.2, 0.25) is 0 Å². The summed E-state index contributed by atoms with van der Waals surface area (Å²) in [5, 5.41) is 0. The molecule has 1 fully saturated rings. The first-order chi connectivity index (χ1) is 9.11. The van der Waals surface area contributed by atoms with Gasteiger partial charge in [0, 0.05) is 31.1 Å². The summed E-state index contributed by atoms with van der Waals surface area (Å²) in [6, 6.07) is 5.98. The molecule has 2 unspecified atom stereocenters. The number of hydrogen-bond donors (Lipinski definition) is 0. The molecule has 0 aromatic heterocycles. The standard InChI is InChI=1S/C16H22O3/c1-11-4-5-16(18-3)13(8-11)9-15(17)14-6-7-19-10-12(14)2/h4-5,8,12,14H,6-7,9-10H2,1-3H3. The molecule has 1 aliphatic rings. The van der Waals surface area contributed by atoms with Crippen LogP contribution in [-0.2, 0) is 16.0 Å². The third-order valence-electron chi connectivity index (χ3n) is 3.85. The fourth-order valence-electron chi connectivity index (χ4n) is 2.72. The molecule has 1 aliphatic heterocycles. The first kappa shape index (κ1) is 14.1. The summed E-state index contributed by atoms with van der Waals surface area (Å²) in [7, 11) is 1.65. The van der Waals surface area contributed by atoms with Gasteiger partial charge in [-0.05, 0) is 25.3 Å². The zero-order chi connectivity index (χ0) is 13.8. The van der Waals surface area contributed by atoms with Crippen molar-refractivity contribution in [1.82, 2.24) is 0 Å². The minimum atomic E-state index is 0.124. The number of Topliss-reactive ketones (excluding diaryl/α,β-unsaturated/α-hetero) is 1. The number of ether oxygens (including phenoxy) is 2. The van der Waals surface area contributed by atoms with E-state index in [1.54, 1.807) is 7.11 Å². The summed E-state index contributed by atoms with van der Waals surface area (Å²) in [6.45, 7) is 5.52. The molecule has 19 heavy (non-hydrogen) atoms. The molecular formula is C16H22O3. The van der Waals surface area contributed by atoms with Gasteiger partial charge in [0.15, 0.2) is 0 Å². The van der Waals surface area contributed by atoms with E-state index in [9.17, 15) is 4.79 Å². The SMILES string of the molecule is COc1ccc(C)cc1CC(=O)C1CCOCC1C. The number of carbonyl (C=O) groups is 1. The van der Waals surface area contributed by atoms with Crippen molar-refractivity contribution in [2.45, 2.75) is 26.7 Å². The summed E-state index contributed by atoms with van der Waals surface area (Å²) in [6.07, 6.45) is 1.30. The van der Waals surface area contributed by atoms with Crippen LogP contribution >= 0.6 is 0 Å². The van der Waals surface area contributed by atoms with E-state index in [1.165, 1.54) is 0 Å². The van der Waals surface area contributed by atoms with E-state index in [4.69, 9.17) is 9.47 Å². The maximum absolute atomic E-state index is 12.4. The second-order valence-electron chi connectivity index (χ2n) is 5.41. The highest BCUT2D eigenvalue weighted by molar-refractivity contribution is 5.84. The predicted octanol–water partition coefficient (Wildman–Crippen LogP) is 2.79. The van der Waals surface area contributed by atoms with Gasteiger partial charge in [0.2, 0.25) is 0 Å². The van der Waals surface area contributed by atoms with Crippen LogP contribution in [0.4, 0.5) is 0 Å². The van der Waals surface area contributed by atoms with Crippen LogP contribution in [0.15, 0.2) is 18.2 Å². The molecule has 0 radical (unpaired) electrons. The van der Waals surface area contributed by atoms with Gasteiger partial charge < -0.3 is 9.47 Å². The van der Waals surface area contributed by atoms with Gasteiger partial charge in [0.1, 0.15) is 11.5 Å². The molecular weight excluding hydrogens is 240 g/mol. The van der Waals surface area contributed by atoms with Crippen molar-refractivity contribution >= 4 is 5.78 Å². The highest BCUT2D eigenvalue weighted by Gasteiger charge is 2.28. The molecule has 2 atom stereocenters. The Morgan fingerprint density at radius 3 is 2.95 bits per heavy atom. The number of aryl methyl sites for hydroxylation is 1. The molecule has 1 aromatic carbocycles. The predicted molar refractivity (Wildman–Crippen MR) is 74.5 cm³/mol. The fourth-order valence-corrected chi connectivity index (χ4v) is 2.72. The summed E-state index contributed by atoms with van der Waals surface area (Å²) in [5.41, 5.74) is 2.15. The van der Waals surface area contributed by atoms with E-state index >= 15 is 0 Å². The Hall–Kier alpha value is -1.35. The molecule has 3 heteroatoms. The van der Waals surface area contributed by atoms with Crippen LogP contribution in [0.25, 0.3) is 0 Å². The van der Waals surface area contributed by atoms with Crippen molar-refractivity contribution in [1.29, 1.82) is 0 Å². The number of carbonyl (C=O) groups excluding carboxylic acids is 1. The second kappa shape index (κ2) is 6.20. The van der Waals surface area contributed by atoms with E-state index in [0.717, 1.165) is 23.3 Å². The molecule has 1 saturated heterocycles. The zero-order valence-corrected chi connectivity index (χ0v) is 11.9. The average molecular weight is 262 g/mol. The number of methoxy groups -OCH3 is 1. The monoisotopic (exact) mass is 262 g/mol. The Balaban J connectivity index is 2.11. The molecule has 3 nitrogen and oxygen atoms in total. The molecule has 0 aliphatic carbocycles. The Kier molecular flexibility index (Phi) is 4.59.